The van der Waals surface area contributed by atoms with Gasteiger partial charge in [0.05, 0.1) is 6.61 Å². The fourth-order valence-corrected chi connectivity index (χ4v) is 1.87. The first-order chi connectivity index (χ1) is 8.06. The van der Waals surface area contributed by atoms with E-state index < -0.39 is 0 Å². The van der Waals surface area contributed by atoms with Crippen molar-refractivity contribution in [2.75, 3.05) is 18.9 Å². The number of anilines is 1. The van der Waals surface area contributed by atoms with Crippen molar-refractivity contribution in [3.05, 3.63) is 28.2 Å². The maximum Gasteiger partial charge on any atom is 0.251 e. The number of rotatable bonds is 4. The van der Waals surface area contributed by atoms with Gasteiger partial charge in [-0.1, -0.05) is 0 Å². The van der Waals surface area contributed by atoms with Crippen LogP contribution in [0.3, 0.4) is 0 Å². The Morgan fingerprint density at radius 2 is 2.24 bits per heavy atom. The minimum atomic E-state index is -0.149. The summed E-state index contributed by atoms with van der Waals surface area (Å²) in [5.74, 6) is -0.149. The summed E-state index contributed by atoms with van der Waals surface area (Å²) < 4.78 is 0.781. The van der Waals surface area contributed by atoms with E-state index in [0.717, 1.165) is 17.3 Å². The zero-order valence-electron chi connectivity index (χ0n) is 9.37. The van der Waals surface area contributed by atoms with Crippen LogP contribution in [0.1, 0.15) is 23.2 Å². The van der Waals surface area contributed by atoms with Gasteiger partial charge in [0.25, 0.3) is 5.91 Å². The number of halogens is 1. The van der Waals surface area contributed by atoms with Crippen LogP contribution in [0.5, 0.6) is 0 Å². The van der Waals surface area contributed by atoms with Crippen LogP contribution >= 0.6 is 15.9 Å². The van der Waals surface area contributed by atoms with E-state index in [-0.39, 0.29) is 17.9 Å². The zero-order valence-corrected chi connectivity index (χ0v) is 11.0. The first-order valence-electron chi connectivity index (χ1n) is 5.50. The minimum absolute atomic E-state index is 0.0728. The van der Waals surface area contributed by atoms with E-state index in [1.807, 2.05) is 0 Å². The quantitative estimate of drug-likeness (QED) is 0.738. The molecule has 1 aliphatic rings. The molecule has 1 aromatic carbocycles. The van der Waals surface area contributed by atoms with Crippen LogP contribution in [0.4, 0.5) is 5.69 Å². The normalized spacial score (nSPS) is 16.6. The van der Waals surface area contributed by atoms with Gasteiger partial charge < -0.3 is 16.2 Å². The number of nitrogen functional groups attached to an aromatic ring is 1. The lowest BCUT2D eigenvalue weighted by atomic mass is 10.1. The second kappa shape index (κ2) is 4.66. The van der Waals surface area contributed by atoms with Gasteiger partial charge in [-0.25, -0.2) is 0 Å². The summed E-state index contributed by atoms with van der Waals surface area (Å²) >= 11 is 3.28. The highest BCUT2D eigenvalue weighted by Crippen LogP contribution is 2.44. The lowest BCUT2D eigenvalue weighted by molar-refractivity contribution is 0.0935. The van der Waals surface area contributed by atoms with E-state index in [0.29, 0.717) is 17.8 Å². The van der Waals surface area contributed by atoms with Gasteiger partial charge in [-0.3, -0.25) is 4.79 Å². The molecule has 0 saturated heterocycles. The molecule has 2 rings (SSSR count). The maximum atomic E-state index is 11.8. The highest BCUT2D eigenvalue weighted by molar-refractivity contribution is 9.10. The Morgan fingerprint density at radius 3 is 2.76 bits per heavy atom. The molecule has 92 valence electrons. The molecule has 0 unspecified atom stereocenters. The molecule has 1 saturated carbocycles. The molecule has 17 heavy (non-hydrogen) atoms. The highest BCUT2D eigenvalue weighted by atomic mass is 79.9. The number of carbonyl (C=O) groups excluding carboxylic acids is 1. The molecular formula is C12H15BrN2O2. The molecular weight excluding hydrogens is 284 g/mol. The molecule has 0 radical (unpaired) electrons. The lowest BCUT2D eigenvalue weighted by Gasteiger charge is -2.13. The number of aliphatic hydroxyl groups excluding tert-OH is 1. The SMILES string of the molecule is Nc1cc(C(=O)NCC2(CO)CC2)ccc1Br. The Labute approximate surface area is 108 Å². The summed E-state index contributed by atoms with van der Waals surface area (Å²) in [7, 11) is 0. The van der Waals surface area contributed by atoms with Gasteiger partial charge in [0, 0.05) is 27.7 Å². The highest BCUT2D eigenvalue weighted by Gasteiger charge is 2.42. The molecule has 0 atom stereocenters. The van der Waals surface area contributed by atoms with Gasteiger partial charge in [-0.2, -0.15) is 0 Å². The minimum Gasteiger partial charge on any atom is -0.398 e. The Morgan fingerprint density at radius 1 is 1.53 bits per heavy atom. The van der Waals surface area contributed by atoms with Crippen molar-refractivity contribution in [3.8, 4) is 0 Å². The predicted molar refractivity (Wildman–Crippen MR) is 69.6 cm³/mol. The van der Waals surface area contributed by atoms with E-state index in [2.05, 4.69) is 21.2 Å². The fourth-order valence-electron chi connectivity index (χ4n) is 1.62. The summed E-state index contributed by atoms with van der Waals surface area (Å²) in [5.41, 5.74) is 6.72. The van der Waals surface area contributed by atoms with Crippen molar-refractivity contribution in [1.82, 2.24) is 5.32 Å². The van der Waals surface area contributed by atoms with Crippen LogP contribution in [0.15, 0.2) is 22.7 Å². The molecule has 4 nitrogen and oxygen atoms in total. The average Bonchev–Trinajstić information content (AvgIpc) is 3.10. The van der Waals surface area contributed by atoms with Gasteiger partial charge in [0.15, 0.2) is 0 Å². The number of amides is 1. The summed E-state index contributed by atoms with van der Waals surface area (Å²) in [6.07, 6.45) is 1.96. The summed E-state index contributed by atoms with van der Waals surface area (Å²) in [5, 5.41) is 12.0. The molecule has 4 N–H and O–H groups in total. The number of carbonyl (C=O) groups is 1. The smallest absolute Gasteiger partial charge is 0.251 e. The van der Waals surface area contributed by atoms with E-state index in [1.165, 1.54) is 0 Å². The monoisotopic (exact) mass is 298 g/mol. The molecule has 0 spiro atoms. The molecule has 1 aromatic rings. The third-order valence-corrected chi connectivity index (χ3v) is 3.90. The number of nitrogens with one attached hydrogen (secondary N) is 1. The first kappa shape index (κ1) is 12.4. The van der Waals surface area contributed by atoms with Crippen LogP contribution < -0.4 is 11.1 Å². The standard InChI is InChI=1S/C12H15BrN2O2/c13-9-2-1-8(5-10(9)14)11(17)15-6-12(7-16)3-4-12/h1-2,5,16H,3-4,6-7,14H2,(H,15,17). The fraction of sp³-hybridized carbons (Fsp3) is 0.417. The van der Waals surface area contributed by atoms with Crippen molar-refractivity contribution in [2.24, 2.45) is 5.41 Å². The zero-order chi connectivity index (χ0) is 12.5. The van der Waals surface area contributed by atoms with Crippen LogP contribution in [0.2, 0.25) is 0 Å². The van der Waals surface area contributed by atoms with Crippen molar-refractivity contribution < 1.29 is 9.90 Å². The molecule has 1 aliphatic carbocycles. The number of aliphatic hydroxyl groups is 1. The average molecular weight is 299 g/mol. The molecule has 5 heteroatoms. The third-order valence-electron chi connectivity index (χ3n) is 3.17. The Kier molecular flexibility index (Phi) is 3.40. The number of nitrogens with two attached hydrogens (primary N) is 1. The number of hydrogen-bond donors (Lipinski definition) is 3. The first-order valence-corrected chi connectivity index (χ1v) is 6.30. The molecule has 0 aromatic heterocycles. The van der Waals surface area contributed by atoms with E-state index >= 15 is 0 Å². The molecule has 0 heterocycles. The molecule has 1 fully saturated rings. The third kappa shape index (κ3) is 2.79. The van der Waals surface area contributed by atoms with Gasteiger partial charge in [0.1, 0.15) is 0 Å². The van der Waals surface area contributed by atoms with Crippen LogP contribution in [0, 0.1) is 5.41 Å². The maximum absolute atomic E-state index is 11.8. The molecule has 0 aliphatic heterocycles. The number of hydrogen-bond acceptors (Lipinski definition) is 3. The Hall–Kier alpha value is -1.07. The van der Waals surface area contributed by atoms with E-state index in [4.69, 9.17) is 10.8 Å². The van der Waals surface area contributed by atoms with E-state index in [9.17, 15) is 4.79 Å². The second-order valence-electron chi connectivity index (χ2n) is 4.58. The second-order valence-corrected chi connectivity index (χ2v) is 5.43. The van der Waals surface area contributed by atoms with Gasteiger partial charge in [0.2, 0.25) is 0 Å². The number of benzene rings is 1. The van der Waals surface area contributed by atoms with Crippen LogP contribution in [0.25, 0.3) is 0 Å². The predicted octanol–water partition coefficient (Wildman–Crippen LogP) is 1.53. The summed E-state index contributed by atoms with van der Waals surface area (Å²) in [6, 6.07) is 5.11. The van der Waals surface area contributed by atoms with Crippen LogP contribution in [-0.2, 0) is 0 Å². The summed E-state index contributed by atoms with van der Waals surface area (Å²) in [6.45, 7) is 0.661. The van der Waals surface area contributed by atoms with Gasteiger partial charge >= 0.3 is 0 Å². The van der Waals surface area contributed by atoms with Gasteiger partial charge in [-0.05, 0) is 47.0 Å². The van der Waals surface area contributed by atoms with Crippen molar-refractivity contribution in [2.45, 2.75) is 12.8 Å². The van der Waals surface area contributed by atoms with Crippen LogP contribution in [-0.4, -0.2) is 24.2 Å². The van der Waals surface area contributed by atoms with Crippen molar-refractivity contribution in [1.29, 1.82) is 0 Å². The van der Waals surface area contributed by atoms with Gasteiger partial charge in [-0.15, -0.1) is 0 Å². The Bertz CT molecular complexity index is 444. The van der Waals surface area contributed by atoms with Crippen molar-refractivity contribution >= 4 is 27.5 Å². The Balaban J connectivity index is 1.97. The van der Waals surface area contributed by atoms with E-state index in [1.54, 1.807) is 18.2 Å². The lowest BCUT2D eigenvalue weighted by Crippen LogP contribution is -2.31. The largest absolute Gasteiger partial charge is 0.398 e. The topological polar surface area (TPSA) is 75.4 Å². The molecule has 1 amide bonds. The molecule has 0 bridgehead atoms. The summed E-state index contributed by atoms with van der Waals surface area (Å²) in [4.78, 5) is 11.8. The van der Waals surface area contributed by atoms with Crippen molar-refractivity contribution in [3.63, 3.8) is 0 Å².